The molecule has 5 nitrogen and oxygen atoms in total. The zero-order valence-electron chi connectivity index (χ0n) is 14.5. The van der Waals surface area contributed by atoms with Gasteiger partial charge >= 0.3 is 0 Å². The molecule has 0 aliphatic carbocycles. The largest absolute Gasteiger partial charge is 0.459 e. The number of hydrogen-bond acceptors (Lipinski definition) is 3. The third kappa shape index (κ3) is 5.18. The number of carbonyl (C=O) groups excluding carboxylic acids is 2. The Morgan fingerprint density at radius 3 is 2.48 bits per heavy atom. The summed E-state index contributed by atoms with van der Waals surface area (Å²) in [5, 5.41) is 5.43. The smallest absolute Gasteiger partial charge is 0.291 e. The van der Waals surface area contributed by atoms with Gasteiger partial charge in [-0.15, -0.1) is 0 Å². The Labute approximate surface area is 165 Å². The number of aryl methyl sites for hydroxylation is 1. The molecule has 3 aromatic rings. The van der Waals surface area contributed by atoms with E-state index in [0.29, 0.717) is 5.69 Å². The fourth-order valence-electron chi connectivity index (χ4n) is 2.40. The van der Waals surface area contributed by atoms with Crippen molar-refractivity contribution < 1.29 is 14.0 Å². The lowest BCUT2D eigenvalue weighted by Gasteiger charge is -2.11. The van der Waals surface area contributed by atoms with Crippen molar-refractivity contribution in [3.05, 3.63) is 94.0 Å². The molecule has 0 atom stereocenters. The van der Waals surface area contributed by atoms with E-state index in [4.69, 9.17) is 4.42 Å². The molecule has 0 aliphatic heterocycles. The van der Waals surface area contributed by atoms with E-state index in [1.165, 1.54) is 12.3 Å². The lowest BCUT2D eigenvalue weighted by molar-refractivity contribution is -0.113. The molecule has 2 amide bonds. The molecule has 2 aromatic carbocycles. The van der Waals surface area contributed by atoms with Gasteiger partial charge in [0.1, 0.15) is 5.70 Å². The quantitative estimate of drug-likeness (QED) is 0.579. The number of carbonyl (C=O) groups is 2. The monoisotopic (exact) mass is 424 g/mol. The molecular formula is C21H17BrN2O3. The van der Waals surface area contributed by atoms with Crippen LogP contribution in [0.3, 0.4) is 0 Å². The molecule has 6 heteroatoms. The summed E-state index contributed by atoms with van der Waals surface area (Å²) in [5.74, 6) is -0.800. The second-order valence-electron chi connectivity index (χ2n) is 5.86. The first-order chi connectivity index (χ1) is 13.0. The molecule has 2 N–H and O–H groups in total. The number of rotatable bonds is 5. The van der Waals surface area contributed by atoms with Crippen LogP contribution >= 0.6 is 15.9 Å². The van der Waals surface area contributed by atoms with Gasteiger partial charge < -0.3 is 15.1 Å². The van der Waals surface area contributed by atoms with Crippen molar-refractivity contribution in [3.8, 4) is 0 Å². The fourth-order valence-corrected chi connectivity index (χ4v) is 2.66. The van der Waals surface area contributed by atoms with Gasteiger partial charge in [-0.25, -0.2) is 0 Å². The van der Waals surface area contributed by atoms with Crippen molar-refractivity contribution >= 4 is 39.5 Å². The van der Waals surface area contributed by atoms with Crippen LogP contribution < -0.4 is 10.6 Å². The maximum atomic E-state index is 12.8. The Morgan fingerprint density at radius 2 is 1.81 bits per heavy atom. The summed E-state index contributed by atoms with van der Waals surface area (Å²) in [7, 11) is 0. The van der Waals surface area contributed by atoms with Crippen molar-refractivity contribution in [3.63, 3.8) is 0 Å². The molecule has 0 radical (unpaired) electrons. The first-order valence-electron chi connectivity index (χ1n) is 8.21. The minimum Gasteiger partial charge on any atom is -0.459 e. The van der Waals surface area contributed by atoms with Crippen molar-refractivity contribution in [2.45, 2.75) is 6.92 Å². The van der Waals surface area contributed by atoms with E-state index in [1.54, 1.807) is 18.2 Å². The summed E-state index contributed by atoms with van der Waals surface area (Å²) >= 11 is 3.38. The molecule has 0 fully saturated rings. The summed E-state index contributed by atoms with van der Waals surface area (Å²) in [6.45, 7) is 1.94. The molecule has 136 valence electrons. The van der Waals surface area contributed by atoms with Gasteiger partial charge in [0.05, 0.1) is 6.26 Å². The molecule has 0 unspecified atom stereocenters. The highest BCUT2D eigenvalue weighted by Gasteiger charge is 2.16. The third-order valence-corrected chi connectivity index (χ3v) is 4.22. The normalized spacial score (nSPS) is 11.1. The van der Waals surface area contributed by atoms with Crippen LogP contribution in [0.15, 0.2) is 81.5 Å². The summed E-state index contributed by atoms with van der Waals surface area (Å²) < 4.78 is 6.02. The predicted octanol–water partition coefficient (Wildman–Crippen LogP) is 4.76. The highest BCUT2D eigenvalue weighted by Crippen LogP contribution is 2.15. The topological polar surface area (TPSA) is 71.3 Å². The molecule has 0 saturated heterocycles. The number of furan rings is 1. The van der Waals surface area contributed by atoms with Crippen LogP contribution in [0, 0.1) is 6.92 Å². The predicted molar refractivity (Wildman–Crippen MR) is 108 cm³/mol. The molecule has 0 saturated carbocycles. The zero-order valence-corrected chi connectivity index (χ0v) is 16.1. The second kappa shape index (κ2) is 8.51. The number of hydrogen-bond donors (Lipinski definition) is 2. The van der Waals surface area contributed by atoms with E-state index in [9.17, 15) is 9.59 Å². The van der Waals surface area contributed by atoms with Crippen molar-refractivity contribution in [1.82, 2.24) is 5.32 Å². The minimum absolute atomic E-state index is 0.111. The third-order valence-electron chi connectivity index (χ3n) is 3.69. The Morgan fingerprint density at radius 1 is 1.04 bits per heavy atom. The molecule has 3 rings (SSSR count). The van der Waals surface area contributed by atoms with Gasteiger partial charge in [-0.3, -0.25) is 9.59 Å². The lowest BCUT2D eigenvalue weighted by atomic mass is 10.1. The van der Waals surface area contributed by atoms with Crippen LogP contribution in [0.2, 0.25) is 0 Å². The highest BCUT2D eigenvalue weighted by atomic mass is 79.9. The van der Waals surface area contributed by atoms with Gasteiger partial charge in [0.15, 0.2) is 5.76 Å². The average molecular weight is 425 g/mol. The van der Waals surface area contributed by atoms with Crippen LogP contribution in [-0.2, 0) is 4.79 Å². The van der Waals surface area contributed by atoms with Crippen molar-refractivity contribution in [1.29, 1.82) is 0 Å². The molecular weight excluding hydrogens is 408 g/mol. The summed E-state index contributed by atoms with van der Waals surface area (Å²) in [6.07, 6.45) is 3.01. The Balaban J connectivity index is 1.87. The van der Waals surface area contributed by atoms with Crippen LogP contribution in [0.25, 0.3) is 6.08 Å². The van der Waals surface area contributed by atoms with E-state index >= 15 is 0 Å². The molecule has 1 aromatic heterocycles. The SMILES string of the molecule is Cc1cccc(NC(=O)/C(=C\c2ccc(Br)cc2)NC(=O)c2ccco2)c1. The van der Waals surface area contributed by atoms with Crippen LogP contribution in [0.5, 0.6) is 0 Å². The van der Waals surface area contributed by atoms with Gasteiger partial charge in [-0.2, -0.15) is 0 Å². The van der Waals surface area contributed by atoms with E-state index in [1.807, 2.05) is 49.4 Å². The zero-order chi connectivity index (χ0) is 19.2. The average Bonchev–Trinajstić information content (AvgIpc) is 3.18. The first-order valence-corrected chi connectivity index (χ1v) is 9.01. The van der Waals surface area contributed by atoms with Gasteiger partial charge in [0.2, 0.25) is 0 Å². The second-order valence-corrected chi connectivity index (χ2v) is 6.78. The first kappa shape index (κ1) is 18.7. The number of anilines is 1. The minimum atomic E-state index is -0.497. The van der Waals surface area contributed by atoms with E-state index in [-0.39, 0.29) is 11.5 Å². The highest BCUT2D eigenvalue weighted by molar-refractivity contribution is 9.10. The summed E-state index contributed by atoms with van der Waals surface area (Å²) in [5.41, 5.74) is 2.55. The van der Waals surface area contributed by atoms with Gasteiger partial charge in [0.25, 0.3) is 11.8 Å². The number of halogens is 1. The van der Waals surface area contributed by atoms with Crippen molar-refractivity contribution in [2.75, 3.05) is 5.32 Å². The molecule has 0 aliphatic rings. The van der Waals surface area contributed by atoms with Gasteiger partial charge in [0, 0.05) is 10.2 Å². The number of nitrogens with one attached hydrogen (secondary N) is 2. The Hall–Kier alpha value is -3.12. The number of benzene rings is 2. The molecule has 0 spiro atoms. The van der Waals surface area contributed by atoms with E-state index < -0.39 is 11.8 Å². The van der Waals surface area contributed by atoms with Gasteiger partial charge in [-0.1, -0.05) is 40.2 Å². The molecule has 27 heavy (non-hydrogen) atoms. The maximum absolute atomic E-state index is 12.8. The summed E-state index contributed by atoms with van der Waals surface area (Å²) in [4.78, 5) is 25.1. The maximum Gasteiger partial charge on any atom is 0.291 e. The molecule has 0 bridgehead atoms. The van der Waals surface area contributed by atoms with Crippen molar-refractivity contribution in [2.24, 2.45) is 0 Å². The van der Waals surface area contributed by atoms with Crippen LogP contribution in [-0.4, -0.2) is 11.8 Å². The summed E-state index contributed by atoms with van der Waals surface area (Å²) in [6, 6.07) is 18.0. The Bertz CT molecular complexity index is 977. The van der Waals surface area contributed by atoms with Crippen LogP contribution in [0.1, 0.15) is 21.7 Å². The van der Waals surface area contributed by atoms with E-state index in [2.05, 4.69) is 26.6 Å². The Kier molecular flexibility index (Phi) is 5.88. The van der Waals surface area contributed by atoms with Gasteiger partial charge in [-0.05, 0) is 60.5 Å². The van der Waals surface area contributed by atoms with E-state index in [0.717, 1.165) is 15.6 Å². The fraction of sp³-hybridized carbons (Fsp3) is 0.0476. The standard InChI is InChI=1S/C21H17BrN2O3/c1-14-4-2-5-17(12-14)23-20(25)18(13-15-7-9-16(22)10-8-15)24-21(26)19-6-3-11-27-19/h2-13H,1H3,(H,23,25)(H,24,26)/b18-13+. The lowest BCUT2D eigenvalue weighted by Crippen LogP contribution is -2.30. The van der Waals surface area contributed by atoms with Crippen LogP contribution in [0.4, 0.5) is 5.69 Å². The molecule has 1 heterocycles. The number of amides is 2.